The number of carbonyl (C=O) groups excluding carboxylic acids is 1. The maximum Gasteiger partial charge on any atom is 0.258 e. The third-order valence-electron chi connectivity index (χ3n) is 4.32. The van der Waals surface area contributed by atoms with Crippen LogP contribution >= 0.6 is 0 Å². The Morgan fingerprint density at radius 1 is 0.846 bits per heavy atom. The number of hydrogen-bond donors (Lipinski definition) is 0. The number of fused-ring (bicyclic) bond motifs is 1. The van der Waals surface area contributed by atoms with Crippen molar-refractivity contribution in [1.82, 2.24) is 9.97 Å². The molecule has 126 valence electrons. The van der Waals surface area contributed by atoms with Crippen molar-refractivity contribution in [2.45, 2.75) is 0 Å². The minimum Gasteiger partial charge on any atom is -0.311 e. The summed E-state index contributed by atoms with van der Waals surface area (Å²) in [4.78, 5) is 23.9. The second kappa shape index (κ2) is 6.76. The Bertz CT molecular complexity index is 1060. The number of anilines is 1. The van der Waals surface area contributed by atoms with Gasteiger partial charge in [0.1, 0.15) is 0 Å². The van der Waals surface area contributed by atoms with E-state index < -0.39 is 0 Å². The number of pyridine rings is 2. The van der Waals surface area contributed by atoms with Crippen LogP contribution < -0.4 is 4.90 Å². The highest BCUT2D eigenvalue weighted by Gasteiger charge is 2.18. The van der Waals surface area contributed by atoms with Gasteiger partial charge in [-0.15, -0.1) is 0 Å². The van der Waals surface area contributed by atoms with Gasteiger partial charge in [-0.05, 0) is 36.4 Å². The third kappa shape index (κ3) is 2.93. The summed E-state index contributed by atoms with van der Waals surface area (Å²) in [6.07, 6.45) is 1.73. The van der Waals surface area contributed by atoms with Gasteiger partial charge in [0.05, 0.1) is 22.5 Å². The van der Waals surface area contributed by atoms with Gasteiger partial charge in [-0.2, -0.15) is 0 Å². The Morgan fingerprint density at radius 2 is 1.58 bits per heavy atom. The molecule has 2 heterocycles. The number of benzene rings is 2. The Hall–Kier alpha value is -3.53. The summed E-state index contributed by atoms with van der Waals surface area (Å²) in [5.41, 5.74) is 3.67. The summed E-state index contributed by atoms with van der Waals surface area (Å²) in [6.45, 7) is 0. The maximum absolute atomic E-state index is 13.2. The molecule has 0 unspecified atom stereocenters. The van der Waals surface area contributed by atoms with Crippen molar-refractivity contribution in [1.29, 1.82) is 0 Å². The van der Waals surface area contributed by atoms with Gasteiger partial charge in [0, 0.05) is 24.3 Å². The number of nitrogens with zero attached hydrogens (tertiary/aromatic N) is 3. The summed E-state index contributed by atoms with van der Waals surface area (Å²) < 4.78 is 0. The minimum atomic E-state index is -0.0769. The number of carbonyl (C=O) groups is 1. The van der Waals surface area contributed by atoms with Crippen molar-refractivity contribution >= 4 is 22.5 Å². The average molecular weight is 339 g/mol. The van der Waals surface area contributed by atoms with Gasteiger partial charge in [0.2, 0.25) is 0 Å². The fraction of sp³-hybridized carbons (Fsp3) is 0.0455. The quantitative estimate of drug-likeness (QED) is 0.549. The Morgan fingerprint density at radius 3 is 2.35 bits per heavy atom. The van der Waals surface area contributed by atoms with Crippen LogP contribution in [0.15, 0.2) is 85.1 Å². The zero-order valence-electron chi connectivity index (χ0n) is 14.3. The molecule has 0 spiro atoms. The maximum atomic E-state index is 13.2. The van der Waals surface area contributed by atoms with Crippen LogP contribution in [0.5, 0.6) is 0 Å². The summed E-state index contributed by atoms with van der Waals surface area (Å²) in [5.74, 6) is -0.0769. The van der Waals surface area contributed by atoms with Gasteiger partial charge in [0.25, 0.3) is 5.91 Å². The van der Waals surface area contributed by atoms with E-state index in [9.17, 15) is 4.79 Å². The van der Waals surface area contributed by atoms with Gasteiger partial charge in [0.15, 0.2) is 0 Å². The molecular weight excluding hydrogens is 322 g/mol. The van der Waals surface area contributed by atoms with Crippen molar-refractivity contribution < 1.29 is 4.79 Å². The Kier molecular flexibility index (Phi) is 4.15. The normalized spacial score (nSPS) is 10.7. The fourth-order valence-corrected chi connectivity index (χ4v) is 2.95. The zero-order chi connectivity index (χ0) is 17.9. The van der Waals surface area contributed by atoms with Crippen molar-refractivity contribution in [3.63, 3.8) is 0 Å². The summed E-state index contributed by atoms with van der Waals surface area (Å²) in [7, 11) is 1.79. The molecule has 0 atom stereocenters. The lowest BCUT2D eigenvalue weighted by atomic mass is 10.0. The third-order valence-corrected chi connectivity index (χ3v) is 4.32. The highest BCUT2D eigenvalue weighted by Crippen LogP contribution is 2.26. The Balaban J connectivity index is 1.87. The lowest BCUT2D eigenvalue weighted by Gasteiger charge is -2.19. The van der Waals surface area contributed by atoms with Gasteiger partial charge in [-0.1, -0.05) is 42.5 Å². The first-order valence-electron chi connectivity index (χ1n) is 8.38. The van der Waals surface area contributed by atoms with Gasteiger partial charge < -0.3 is 4.90 Å². The van der Waals surface area contributed by atoms with E-state index in [0.29, 0.717) is 11.3 Å². The minimum absolute atomic E-state index is 0.0769. The number of amides is 1. The first-order valence-corrected chi connectivity index (χ1v) is 8.38. The van der Waals surface area contributed by atoms with Crippen LogP contribution in [0.25, 0.3) is 22.3 Å². The molecule has 4 heteroatoms. The second-order valence-corrected chi connectivity index (χ2v) is 5.99. The molecule has 0 N–H and O–H groups in total. The van der Waals surface area contributed by atoms with Crippen LogP contribution in [0, 0.1) is 0 Å². The molecule has 0 aliphatic rings. The van der Waals surface area contributed by atoms with Crippen LogP contribution in [0.4, 0.5) is 5.69 Å². The zero-order valence-corrected chi connectivity index (χ0v) is 14.3. The molecule has 0 fully saturated rings. The number of rotatable bonds is 3. The topological polar surface area (TPSA) is 46.1 Å². The fourth-order valence-electron chi connectivity index (χ4n) is 2.95. The molecule has 4 aromatic rings. The van der Waals surface area contributed by atoms with E-state index in [1.165, 1.54) is 0 Å². The lowest BCUT2D eigenvalue weighted by Crippen LogP contribution is -2.26. The molecule has 2 aromatic carbocycles. The van der Waals surface area contributed by atoms with E-state index >= 15 is 0 Å². The highest BCUT2D eigenvalue weighted by molar-refractivity contribution is 6.14. The van der Waals surface area contributed by atoms with E-state index in [1.54, 1.807) is 18.1 Å². The number of aromatic nitrogens is 2. The monoisotopic (exact) mass is 339 g/mol. The molecule has 0 radical (unpaired) electrons. The predicted molar refractivity (Wildman–Crippen MR) is 104 cm³/mol. The summed E-state index contributed by atoms with van der Waals surface area (Å²) in [5, 5.41) is 0.833. The van der Waals surface area contributed by atoms with Crippen molar-refractivity contribution in [3.05, 3.63) is 90.6 Å². The molecule has 0 saturated carbocycles. The van der Waals surface area contributed by atoms with E-state index in [0.717, 1.165) is 22.3 Å². The largest absolute Gasteiger partial charge is 0.311 e. The van der Waals surface area contributed by atoms with Gasteiger partial charge in [-0.3, -0.25) is 9.78 Å². The molecule has 2 aromatic heterocycles. The van der Waals surface area contributed by atoms with Crippen LogP contribution in [0.3, 0.4) is 0 Å². The second-order valence-electron chi connectivity index (χ2n) is 5.99. The van der Waals surface area contributed by atoms with E-state index in [2.05, 4.69) is 9.97 Å². The average Bonchev–Trinajstić information content (AvgIpc) is 2.73. The molecule has 0 saturated heterocycles. The van der Waals surface area contributed by atoms with Crippen LogP contribution in [0.2, 0.25) is 0 Å². The Labute approximate surface area is 151 Å². The van der Waals surface area contributed by atoms with Crippen LogP contribution in [0.1, 0.15) is 10.4 Å². The number of hydrogen-bond acceptors (Lipinski definition) is 3. The van der Waals surface area contributed by atoms with Gasteiger partial charge in [-0.25, -0.2) is 4.98 Å². The van der Waals surface area contributed by atoms with E-state index in [4.69, 9.17) is 0 Å². The van der Waals surface area contributed by atoms with E-state index in [-0.39, 0.29) is 5.91 Å². The van der Waals surface area contributed by atoms with Gasteiger partial charge >= 0.3 is 0 Å². The summed E-state index contributed by atoms with van der Waals surface area (Å²) >= 11 is 0. The standard InChI is InChI=1S/C22H17N3O/c1-25(16-9-3-2-4-10-16)22(26)18-15-21(20-13-7-8-14-23-20)24-19-12-6-5-11-17(18)19/h2-15H,1H3. The molecule has 0 aliphatic carbocycles. The summed E-state index contributed by atoms with van der Waals surface area (Å²) in [6, 6.07) is 24.8. The van der Waals surface area contributed by atoms with Crippen LogP contribution in [-0.4, -0.2) is 22.9 Å². The number of para-hydroxylation sites is 2. The molecule has 0 bridgehead atoms. The first kappa shape index (κ1) is 16.0. The van der Waals surface area contributed by atoms with Crippen molar-refractivity contribution in [2.24, 2.45) is 0 Å². The molecular formula is C22H17N3O. The molecule has 0 aliphatic heterocycles. The molecule has 4 nitrogen and oxygen atoms in total. The predicted octanol–water partition coefficient (Wildman–Crippen LogP) is 4.57. The lowest BCUT2D eigenvalue weighted by molar-refractivity contribution is 0.0994. The SMILES string of the molecule is CN(C(=O)c1cc(-c2ccccn2)nc2ccccc12)c1ccccc1. The van der Waals surface area contributed by atoms with Crippen LogP contribution in [-0.2, 0) is 0 Å². The smallest absolute Gasteiger partial charge is 0.258 e. The highest BCUT2D eigenvalue weighted by atomic mass is 16.2. The van der Waals surface area contributed by atoms with Crippen molar-refractivity contribution in [2.75, 3.05) is 11.9 Å². The molecule has 4 rings (SSSR count). The molecule has 26 heavy (non-hydrogen) atoms. The van der Waals surface area contributed by atoms with Crippen molar-refractivity contribution in [3.8, 4) is 11.4 Å². The molecule has 1 amide bonds. The first-order chi connectivity index (χ1) is 12.7. The van der Waals surface area contributed by atoms with E-state index in [1.807, 2.05) is 78.9 Å².